The molecule has 1 rings (SSSR count). The number of amides is 1. The summed E-state index contributed by atoms with van der Waals surface area (Å²) >= 11 is 0. The van der Waals surface area contributed by atoms with E-state index in [1.807, 2.05) is 0 Å². The zero-order chi connectivity index (χ0) is 15.1. The maximum Gasteiger partial charge on any atom is 0.337 e. The maximum atomic E-state index is 11.4. The number of ether oxygens (including phenoxy) is 2. The SMILES string of the molecule is COC(=O)c1ccc(OCCCC(=O)N(C)C)c(N)c1. The molecule has 1 aromatic rings. The molecule has 0 aromatic heterocycles. The van der Waals surface area contributed by atoms with Gasteiger partial charge in [0.1, 0.15) is 5.75 Å². The molecule has 0 aliphatic carbocycles. The topological polar surface area (TPSA) is 81.9 Å². The van der Waals surface area contributed by atoms with Gasteiger partial charge in [-0.25, -0.2) is 4.79 Å². The average Bonchev–Trinajstić information content (AvgIpc) is 2.43. The van der Waals surface area contributed by atoms with Crippen LogP contribution >= 0.6 is 0 Å². The van der Waals surface area contributed by atoms with Crippen LogP contribution in [0.15, 0.2) is 18.2 Å². The maximum absolute atomic E-state index is 11.4. The number of hydrogen-bond acceptors (Lipinski definition) is 5. The molecule has 0 saturated heterocycles. The lowest BCUT2D eigenvalue weighted by molar-refractivity contribution is -0.128. The van der Waals surface area contributed by atoms with Crippen molar-refractivity contribution in [3.05, 3.63) is 23.8 Å². The Morgan fingerprint density at radius 2 is 2.00 bits per heavy atom. The van der Waals surface area contributed by atoms with Crippen LogP contribution in [-0.2, 0) is 9.53 Å². The lowest BCUT2D eigenvalue weighted by Gasteiger charge is -2.12. The number of nitrogens with zero attached hydrogens (tertiary/aromatic N) is 1. The second-order valence-electron chi connectivity index (χ2n) is 4.48. The van der Waals surface area contributed by atoms with Crippen LogP contribution in [0.5, 0.6) is 5.75 Å². The van der Waals surface area contributed by atoms with Gasteiger partial charge in [-0.2, -0.15) is 0 Å². The highest BCUT2D eigenvalue weighted by Crippen LogP contribution is 2.23. The molecule has 0 radical (unpaired) electrons. The van der Waals surface area contributed by atoms with Crippen molar-refractivity contribution in [2.45, 2.75) is 12.8 Å². The van der Waals surface area contributed by atoms with Crippen LogP contribution in [0.3, 0.4) is 0 Å². The van der Waals surface area contributed by atoms with Gasteiger partial charge < -0.3 is 20.1 Å². The van der Waals surface area contributed by atoms with E-state index in [2.05, 4.69) is 4.74 Å². The number of nitrogens with two attached hydrogens (primary N) is 1. The number of esters is 1. The van der Waals surface area contributed by atoms with Gasteiger partial charge in [-0.15, -0.1) is 0 Å². The molecule has 0 bridgehead atoms. The highest BCUT2D eigenvalue weighted by molar-refractivity contribution is 5.90. The number of nitrogen functional groups attached to an aromatic ring is 1. The first-order valence-corrected chi connectivity index (χ1v) is 6.26. The fraction of sp³-hybridized carbons (Fsp3) is 0.429. The number of anilines is 1. The van der Waals surface area contributed by atoms with E-state index < -0.39 is 5.97 Å². The molecule has 1 aromatic carbocycles. The van der Waals surface area contributed by atoms with Crippen molar-refractivity contribution < 1.29 is 19.1 Å². The molecule has 1 amide bonds. The fourth-order valence-electron chi connectivity index (χ4n) is 1.55. The molecule has 0 saturated carbocycles. The molecule has 0 aliphatic heterocycles. The highest BCUT2D eigenvalue weighted by Gasteiger charge is 2.09. The number of hydrogen-bond donors (Lipinski definition) is 1. The van der Waals surface area contributed by atoms with E-state index in [0.29, 0.717) is 36.4 Å². The molecule has 0 heterocycles. The van der Waals surface area contributed by atoms with Gasteiger partial charge in [0.25, 0.3) is 0 Å². The van der Waals surface area contributed by atoms with E-state index in [1.54, 1.807) is 31.1 Å². The van der Waals surface area contributed by atoms with Crippen LogP contribution in [0, 0.1) is 0 Å². The van der Waals surface area contributed by atoms with E-state index in [4.69, 9.17) is 10.5 Å². The first-order chi connectivity index (χ1) is 9.45. The predicted molar refractivity (Wildman–Crippen MR) is 75.6 cm³/mol. The first kappa shape index (κ1) is 15.8. The summed E-state index contributed by atoms with van der Waals surface area (Å²) in [6, 6.07) is 4.71. The molecular weight excluding hydrogens is 260 g/mol. The minimum absolute atomic E-state index is 0.0580. The Hall–Kier alpha value is -2.24. The minimum atomic E-state index is -0.445. The normalized spacial score (nSPS) is 9.95. The van der Waals surface area contributed by atoms with E-state index in [9.17, 15) is 9.59 Å². The van der Waals surface area contributed by atoms with Gasteiger partial charge >= 0.3 is 5.97 Å². The molecule has 110 valence electrons. The van der Waals surface area contributed by atoms with Gasteiger partial charge in [0.2, 0.25) is 5.91 Å². The van der Waals surface area contributed by atoms with Crippen molar-refractivity contribution in [1.29, 1.82) is 0 Å². The summed E-state index contributed by atoms with van der Waals surface area (Å²) in [7, 11) is 4.74. The number of rotatable bonds is 6. The zero-order valence-corrected chi connectivity index (χ0v) is 12.0. The average molecular weight is 280 g/mol. The van der Waals surface area contributed by atoms with Gasteiger partial charge in [-0.1, -0.05) is 0 Å². The second-order valence-corrected chi connectivity index (χ2v) is 4.48. The highest BCUT2D eigenvalue weighted by atomic mass is 16.5. The third-order valence-corrected chi connectivity index (χ3v) is 2.72. The van der Waals surface area contributed by atoms with Crippen LogP contribution in [0.4, 0.5) is 5.69 Å². The van der Waals surface area contributed by atoms with Gasteiger partial charge in [0.05, 0.1) is 25.0 Å². The molecule has 0 aliphatic rings. The van der Waals surface area contributed by atoms with E-state index in [1.165, 1.54) is 13.2 Å². The van der Waals surface area contributed by atoms with Crippen LogP contribution in [-0.4, -0.2) is 44.6 Å². The molecular formula is C14H20N2O4. The molecule has 0 fully saturated rings. The zero-order valence-electron chi connectivity index (χ0n) is 12.0. The van der Waals surface area contributed by atoms with Crippen molar-refractivity contribution in [3.8, 4) is 5.75 Å². The van der Waals surface area contributed by atoms with Crippen molar-refractivity contribution in [2.24, 2.45) is 0 Å². The standard InChI is InChI=1S/C14H20N2O4/c1-16(2)13(17)5-4-8-20-12-7-6-10(9-11(12)15)14(18)19-3/h6-7,9H,4-5,8,15H2,1-3H3. The molecule has 0 unspecified atom stereocenters. The number of benzene rings is 1. The third kappa shape index (κ3) is 4.46. The Bertz CT molecular complexity index is 486. The van der Waals surface area contributed by atoms with E-state index in [-0.39, 0.29) is 5.91 Å². The van der Waals surface area contributed by atoms with Crippen molar-refractivity contribution in [2.75, 3.05) is 33.5 Å². The minimum Gasteiger partial charge on any atom is -0.491 e. The van der Waals surface area contributed by atoms with Crippen molar-refractivity contribution >= 4 is 17.6 Å². The second kappa shape index (κ2) is 7.37. The quantitative estimate of drug-likeness (QED) is 0.482. The van der Waals surface area contributed by atoms with Gasteiger partial charge in [0.15, 0.2) is 0 Å². The van der Waals surface area contributed by atoms with Gasteiger partial charge in [-0.3, -0.25) is 4.79 Å². The van der Waals surface area contributed by atoms with Crippen LogP contribution in [0.25, 0.3) is 0 Å². The number of methoxy groups -OCH3 is 1. The Morgan fingerprint density at radius 3 is 2.55 bits per heavy atom. The summed E-state index contributed by atoms with van der Waals surface area (Å²) in [5, 5.41) is 0. The van der Waals surface area contributed by atoms with Crippen molar-refractivity contribution in [1.82, 2.24) is 4.90 Å². The third-order valence-electron chi connectivity index (χ3n) is 2.72. The summed E-state index contributed by atoms with van der Waals surface area (Å²) in [4.78, 5) is 24.2. The predicted octanol–water partition coefficient (Wildman–Crippen LogP) is 1.30. The van der Waals surface area contributed by atoms with E-state index in [0.717, 1.165) is 0 Å². The number of carbonyl (C=O) groups excluding carboxylic acids is 2. The Labute approximate surface area is 118 Å². The van der Waals surface area contributed by atoms with Gasteiger partial charge in [0, 0.05) is 20.5 Å². The summed E-state index contributed by atoms with van der Waals surface area (Å²) in [6.07, 6.45) is 1.03. The Morgan fingerprint density at radius 1 is 1.30 bits per heavy atom. The van der Waals surface area contributed by atoms with Crippen LogP contribution in [0.1, 0.15) is 23.2 Å². The monoisotopic (exact) mass is 280 g/mol. The summed E-state index contributed by atoms with van der Waals surface area (Å²) in [5.74, 6) is 0.109. The van der Waals surface area contributed by atoms with Crippen molar-refractivity contribution in [3.63, 3.8) is 0 Å². The lowest BCUT2D eigenvalue weighted by atomic mass is 10.2. The Kier molecular flexibility index (Phi) is 5.83. The summed E-state index contributed by atoms with van der Waals surface area (Å²) < 4.78 is 10.1. The molecule has 6 heteroatoms. The largest absolute Gasteiger partial charge is 0.491 e. The fourth-order valence-corrected chi connectivity index (χ4v) is 1.55. The van der Waals surface area contributed by atoms with Gasteiger partial charge in [-0.05, 0) is 24.6 Å². The van der Waals surface area contributed by atoms with Crippen LogP contribution < -0.4 is 10.5 Å². The molecule has 20 heavy (non-hydrogen) atoms. The molecule has 6 nitrogen and oxygen atoms in total. The smallest absolute Gasteiger partial charge is 0.337 e. The van der Waals surface area contributed by atoms with E-state index >= 15 is 0 Å². The summed E-state index contributed by atoms with van der Waals surface area (Å²) in [6.45, 7) is 0.390. The lowest BCUT2D eigenvalue weighted by Crippen LogP contribution is -2.21. The van der Waals surface area contributed by atoms with Crippen LogP contribution in [0.2, 0.25) is 0 Å². The first-order valence-electron chi connectivity index (χ1n) is 6.26. The Balaban J connectivity index is 2.49. The molecule has 0 atom stereocenters. The summed E-state index contributed by atoms with van der Waals surface area (Å²) in [5.41, 5.74) is 6.54. The number of carbonyl (C=O) groups is 2. The molecule has 0 spiro atoms. The molecule has 2 N–H and O–H groups in total.